The van der Waals surface area contributed by atoms with Gasteiger partial charge in [-0.15, -0.1) is 0 Å². The molecular formula is C19H20F6. The normalized spacial score (nSPS) is 14.1. The minimum absolute atomic E-state index is 0.318. The molecule has 0 saturated carbocycles. The Balaban J connectivity index is 4.05. The Hall–Kier alpha value is -1.98. The van der Waals surface area contributed by atoms with E-state index in [0.717, 1.165) is 24.3 Å². The summed E-state index contributed by atoms with van der Waals surface area (Å²) in [5.41, 5.74) is -5.17. The van der Waals surface area contributed by atoms with Gasteiger partial charge in [-0.1, -0.05) is 59.7 Å². The quantitative estimate of drug-likeness (QED) is 0.407. The van der Waals surface area contributed by atoms with Gasteiger partial charge in [0, 0.05) is 0 Å². The van der Waals surface area contributed by atoms with E-state index in [1.165, 1.54) is 52.0 Å². The molecule has 0 nitrogen and oxygen atoms in total. The van der Waals surface area contributed by atoms with Crippen LogP contribution in [-0.2, 0) is 5.41 Å². The molecule has 0 aliphatic heterocycles. The molecule has 0 atom stereocenters. The van der Waals surface area contributed by atoms with Crippen LogP contribution in [-0.4, -0.2) is 12.4 Å². The van der Waals surface area contributed by atoms with Crippen LogP contribution in [0.3, 0.4) is 0 Å². The number of aryl methyl sites for hydroxylation is 1. The van der Waals surface area contributed by atoms with E-state index < -0.39 is 28.9 Å². The van der Waals surface area contributed by atoms with Crippen LogP contribution in [0.4, 0.5) is 26.3 Å². The van der Waals surface area contributed by atoms with Gasteiger partial charge in [0.15, 0.2) is 0 Å². The van der Waals surface area contributed by atoms with Crippen molar-refractivity contribution in [3.63, 3.8) is 0 Å². The van der Waals surface area contributed by atoms with Gasteiger partial charge in [0.05, 0.1) is 0 Å². The van der Waals surface area contributed by atoms with Crippen LogP contribution in [0.5, 0.6) is 0 Å². The second-order valence-electron chi connectivity index (χ2n) is 5.98. The molecule has 138 valence electrons. The van der Waals surface area contributed by atoms with Crippen LogP contribution in [0.1, 0.15) is 31.9 Å². The van der Waals surface area contributed by atoms with E-state index in [1.807, 2.05) is 0 Å². The topological polar surface area (TPSA) is 0 Å². The Morgan fingerprint density at radius 2 is 1.52 bits per heavy atom. The highest BCUT2D eigenvalue weighted by atomic mass is 19.4. The maximum absolute atomic E-state index is 14.0. The second kappa shape index (κ2) is 7.50. The molecule has 0 aliphatic carbocycles. The summed E-state index contributed by atoms with van der Waals surface area (Å²) in [7, 11) is 0. The highest BCUT2D eigenvalue weighted by Gasteiger charge is 2.72. The monoisotopic (exact) mass is 362 g/mol. The summed E-state index contributed by atoms with van der Waals surface area (Å²) in [6.07, 6.45) is -6.78. The average molecular weight is 362 g/mol. The molecule has 0 N–H and O–H groups in total. The fraction of sp³-hybridized carbons (Fsp3) is 0.368. The minimum atomic E-state index is -5.57. The number of hydrogen-bond acceptors (Lipinski definition) is 0. The van der Waals surface area contributed by atoms with Crippen molar-refractivity contribution in [2.75, 3.05) is 0 Å². The third-order valence-electron chi connectivity index (χ3n) is 3.65. The molecular weight excluding hydrogens is 342 g/mol. The maximum atomic E-state index is 14.0. The molecule has 0 fully saturated rings. The van der Waals surface area contributed by atoms with Crippen LogP contribution in [0, 0.1) is 6.92 Å². The second-order valence-corrected chi connectivity index (χ2v) is 5.98. The minimum Gasteiger partial charge on any atom is -0.169 e. The molecule has 6 heteroatoms. The summed E-state index contributed by atoms with van der Waals surface area (Å²) in [6, 6.07) is 4.46. The number of allylic oxidation sites excluding steroid dienone is 6. The first-order valence-electron chi connectivity index (χ1n) is 7.57. The van der Waals surface area contributed by atoms with E-state index in [4.69, 9.17) is 0 Å². The maximum Gasteiger partial charge on any atom is 0.411 e. The zero-order chi connectivity index (χ0) is 19.5. The zero-order valence-electron chi connectivity index (χ0n) is 14.4. The highest BCUT2D eigenvalue weighted by Crippen LogP contribution is 2.57. The molecule has 0 saturated heterocycles. The van der Waals surface area contributed by atoms with E-state index in [-0.39, 0.29) is 0 Å². The average Bonchev–Trinajstić information content (AvgIpc) is 2.41. The first-order valence-corrected chi connectivity index (χ1v) is 7.57. The molecule has 25 heavy (non-hydrogen) atoms. The highest BCUT2D eigenvalue weighted by molar-refractivity contribution is 5.49. The molecule has 0 bridgehead atoms. The lowest BCUT2D eigenvalue weighted by molar-refractivity contribution is -0.288. The molecule has 0 aromatic heterocycles. The van der Waals surface area contributed by atoms with Gasteiger partial charge < -0.3 is 0 Å². The fourth-order valence-electron chi connectivity index (χ4n) is 2.65. The van der Waals surface area contributed by atoms with Crippen LogP contribution in [0.15, 0.2) is 59.7 Å². The Kier molecular flexibility index (Phi) is 6.32. The molecule has 0 unspecified atom stereocenters. The molecule has 0 spiro atoms. The number of hydrogen-bond donors (Lipinski definition) is 0. The van der Waals surface area contributed by atoms with Crippen molar-refractivity contribution in [3.05, 3.63) is 70.8 Å². The van der Waals surface area contributed by atoms with Gasteiger partial charge in [0.1, 0.15) is 0 Å². The van der Waals surface area contributed by atoms with Gasteiger partial charge in [0.25, 0.3) is 0 Å². The van der Waals surface area contributed by atoms with Gasteiger partial charge in [-0.25, -0.2) is 0 Å². The van der Waals surface area contributed by atoms with Crippen LogP contribution < -0.4 is 0 Å². The smallest absolute Gasteiger partial charge is 0.169 e. The number of benzene rings is 1. The summed E-state index contributed by atoms with van der Waals surface area (Å²) in [5.74, 6) is 0. The van der Waals surface area contributed by atoms with E-state index in [9.17, 15) is 26.3 Å². The Bertz CT molecular complexity index is 669. The molecule has 0 amide bonds. The summed E-state index contributed by atoms with van der Waals surface area (Å²) in [4.78, 5) is 0. The van der Waals surface area contributed by atoms with Crippen LogP contribution in [0.25, 0.3) is 0 Å². The van der Waals surface area contributed by atoms with Gasteiger partial charge in [-0.2, -0.15) is 26.3 Å². The van der Waals surface area contributed by atoms with Crippen LogP contribution in [0.2, 0.25) is 0 Å². The molecule has 1 aromatic carbocycles. The van der Waals surface area contributed by atoms with E-state index in [1.54, 1.807) is 0 Å². The Morgan fingerprint density at radius 3 is 1.92 bits per heavy atom. The lowest BCUT2D eigenvalue weighted by atomic mass is 9.71. The Morgan fingerprint density at radius 1 is 0.960 bits per heavy atom. The lowest BCUT2D eigenvalue weighted by Crippen LogP contribution is -2.55. The SMILES string of the molecule is C/C=C\C=C(/C=C(C)C)C(c1cccc(C)c1)(C(F)(F)F)C(F)(F)F. The lowest BCUT2D eigenvalue weighted by Gasteiger charge is -2.39. The number of halogens is 6. The van der Waals surface area contributed by atoms with Crippen molar-refractivity contribution >= 4 is 0 Å². The number of rotatable bonds is 4. The summed E-state index contributed by atoms with van der Waals surface area (Å²) < 4.78 is 84.0. The molecule has 0 heterocycles. The largest absolute Gasteiger partial charge is 0.411 e. The summed E-state index contributed by atoms with van der Waals surface area (Å²) in [5, 5.41) is 0. The van der Waals surface area contributed by atoms with Crippen molar-refractivity contribution < 1.29 is 26.3 Å². The van der Waals surface area contributed by atoms with Crippen molar-refractivity contribution in [2.45, 2.75) is 45.5 Å². The van der Waals surface area contributed by atoms with Crippen molar-refractivity contribution in [1.82, 2.24) is 0 Å². The summed E-state index contributed by atoms with van der Waals surface area (Å²) >= 11 is 0. The molecule has 1 rings (SSSR count). The van der Waals surface area contributed by atoms with Crippen molar-refractivity contribution in [2.24, 2.45) is 0 Å². The van der Waals surface area contributed by atoms with E-state index >= 15 is 0 Å². The molecule has 1 aromatic rings. The Labute approximate surface area is 143 Å². The first kappa shape index (κ1) is 21.1. The zero-order valence-corrected chi connectivity index (χ0v) is 14.4. The predicted octanol–water partition coefficient (Wildman–Crippen LogP) is 6.83. The van der Waals surface area contributed by atoms with E-state index in [0.29, 0.717) is 11.1 Å². The third kappa shape index (κ3) is 4.17. The third-order valence-corrected chi connectivity index (χ3v) is 3.65. The number of alkyl halides is 6. The van der Waals surface area contributed by atoms with Crippen molar-refractivity contribution in [1.29, 1.82) is 0 Å². The standard InChI is InChI=1S/C19H20F6/c1-5-6-9-15(11-13(2)3)17(18(20,21)22,19(23,24)25)16-10-7-8-14(4)12-16/h5-12H,1-4H3/b6-5-,15-9+. The van der Waals surface area contributed by atoms with Gasteiger partial charge in [-0.05, 0) is 38.8 Å². The van der Waals surface area contributed by atoms with Gasteiger partial charge in [0.2, 0.25) is 5.41 Å². The van der Waals surface area contributed by atoms with E-state index in [2.05, 4.69) is 0 Å². The first-order chi connectivity index (χ1) is 11.4. The summed E-state index contributed by atoms with van der Waals surface area (Å²) in [6.45, 7) is 5.89. The predicted molar refractivity (Wildman–Crippen MR) is 87.3 cm³/mol. The van der Waals surface area contributed by atoms with Gasteiger partial charge in [-0.3, -0.25) is 0 Å². The molecule has 0 aliphatic rings. The van der Waals surface area contributed by atoms with Crippen molar-refractivity contribution in [3.8, 4) is 0 Å². The van der Waals surface area contributed by atoms with Crippen LogP contribution >= 0.6 is 0 Å². The fourth-order valence-corrected chi connectivity index (χ4v) is 2.65. The van der Waals surface area contributed by atoms with Gasteiger partial charge >= 0.3 is 12.4 Å². The molecule has 0 radical (unpaired) electrons.